The summed E-state index contributed by atoms with van der Waals surface area (Å²) in [5.74, 6) is 2.47. The maximum Gasteiger partial charge on any atom is 0.312 e. The second kappa shape index (κ2) is 9.73. The van der Waals surface area contributed by atoms with Crippen LogP contribution in [0.1, 0.15) is 33.6 Å². The Morgan fingerprint density at radius 2 is 1.35 bits per heavy atom. The highest BCUT2D eigenvalue weighted by atomic mass is 17.2. The molecule has 0 aromatic heterocycles. The predicted molar refractivity (Wildman–Crippen MR) is 108 cm³/mol. The van der Waals surface area contributed by atoms with Gasteiger partial charge in [-0.1, -0.05) is 13.8 Å². The van der Waals surface area contributed by atoms with Gasteiger partial charge in [0.15, 0.2) is 6.79 Å². The number of esters is 2. The number of ether oxygens (including phenoxy) is 3. The molecule has 8 nitrogen and oxygen atoms in total. The number of aliphatic hydroxyl groups is 1. The van der Waals surface area contributed by atoms with Crippen LogP contribution >= 0.6 is 0 Å². The standard InChI is InChI=1S/C23H36O8/c1-4-27-11-29-23(26)21-17-10-16(18-14-9-15(19(17)18)13(3)12(14)2)20(21)22(25)28-7-8-31-30-6-5-24/h12-21,24H,4-11H2,1-3H3. The van der Waals surface area contributed by atoms with Gasteiger partial charge in [0.1, 0.15) is 19.8 Å². The molecule has 4 fully saturated rings. The highest BCUT2D eigenvalue weighted by Crippen LogP contribution is 2.72. The molecular weight excluding hydrogens is 404 g/mol. The Morgan fingerprint density at radius 3 is 1.94 bits per heavy atom. The SMILES string of the molecule is CCOCOC(=O)C1C2CC(C1C(=O)OCCOOCCO)C1C3CC(C(C)C3C)C21. The molecule has 4 rings (SSSR count). The average molecular weight is 441 g/mol. The fourth-order valence-electron chi connectivity index (χ4n) is 7.60. The Balaban J connectivity index is 1.45. The minimum Gasteiger partial charge on any atom is -0.463 e. The van der Waals surface area contributed by atoms with Gasteiger partial charge in [0.05, 0.1) is 18.4 Å². The van der Waals surface area contributed by atoms with Crippen LogP contribution in [0.15, 0.2) is 0 Å². The lowest BCUT2D eigenvalue weighted by Gasteiger charge is -2.45. The fourth-order valence-corrected chi connectivity index (χ4v) is 7.60. The molecule has 31 heavy (non-hydrogen) atoms. The van der Waals surface area contributed by atoms with Crippen LogP contribution in [-0.4, -0.2) is 56.9 Å². The first-order chi connectivity index (χ1) is 15.0. The molecule has 4 bridgehead atoms. The molecule has 0 spiro atoms. The topological polar surface area (TPSA) is 101 Å². The first-order valence-electron chi connectivity index (χ1n) is 11.8. The molecule has 0 amide bonds. The van der Waals surface area contributed by atoms with E-state index in [0.29, 0.717) is 42.1 Å². The fraction of sp³-hybridized carbons (Fsp3) is 0.913. The van der Waals surface area contributed by atoms with E-state index in [1.54, 1.807) is 0 Å². The Labute approximate surface area is 183 Å². The molecule has 176 valence electrons. The minimum atomic E-state index is -0.458. The van der Waals surface area contributed by atoms with Gasteiger partial charge in [0.25, 0.3) is 0 Å². The van der Waals surface area contributed by atoms with Crippen molar-refractivity contribution in [3.8, 4) is 0 Å². The molecule has 4 aliphatic carbocycles. The molecule has 0 heterocycles. The maximum atomic E-state index is 13.1. The van der Waals surface area contributed by atoms with Crippen LogP contribution in [0.3, 0.4) is 0 Å². The molecule has 4 saturated carbocycles. The van der Waals surface area contributed by atoms with Crippen molar-refractivity contribution < 1.29 is 38.7 Å². The Bertz CT molecular complexity index is 653. The third-order valence-electron chi connectivity index (χ3n) is 8.70. The van der Waals surface area contributed by atoms with E-state index in [4.69, 9.17) is 29.1 Å². The molecule has 8 heteroatoms. The zero-order valence-electron chi connectivity index (χ0n) is 18.7. The van der Waals surface area contributed by atoms with E-state index in [2.05, 4.69) is 13.8 Å². The van der Waals surface area contributed by atoms with Crippen molar-refractivity contribution in [2.45, 2.75) is 33.6 Å². The summed E-state index contributed by atoms with van der Waals surface area (Å²) >= 11 is 0. The van der Waals surface area contributed by atoms with Crippen molar-refractivity contribution in [3.63, 3.8) is 0 Å². The van der Waals surface area contributed by atoms with Gasteiger partial charge in [-0.05, 0) is 67.1 Å². The Morgan fingerprint density at radius 1 is 0.806 bits per heavy atom. The van der Waals surface area contributed by atoms with Crippen molar-refractivity contribution in [2.75, 3.05) is 39.8 Å². The number of aliphatic hydroxyl groups excluding tert-OH is 1. The third-order valence-corrected chi connectivity index (χ3v) is 8.70. The van der Waals surface area contributed by atoms with Crippen LogP contribution in [0.2, 0.25) is 0 Å². The summed E-state index contributed by atoms with van der Waals surface area (Å²) in [5, 5.41) is 8.68. The second-order valence-corrected chi connectivity index (χ2v) is 9.66. The van der Waals surface area contributed by atoms with Crippen molar-refractivity contribution in [2.24, 2.45) is 59.2 Å². The van der Waals surface area contributed by atoms with Crippen LogP contribution < -0.4 is 0 Å². The monoisotopic (exact) mass is 440 g/mol. The highest BCUT2D eigenvalue weighted by Gasteiger charge is 2.71. The first-order valence-corrected chi connectivity index (χ1v) is 11.8. The summed E-state index contributed by atoms with van der Waals surface area (Å²) < 4.78 is 16.1. The summed E-state index contributed by atoms with van der Waals surface area (Å²) in [6, 6.07) is 0. The molecule has 10 unspecified atom stereocenters. The summed E-state index contributed by atoms with van der Waals surface area (Å²) in [6.45, 7) is 7.00. The van der Waals surface area contributed by atoms with E-state index < -0.39 is 11.8 Å². The summed E-state index contributed by atoms with van der Waals surface area (Å²) in [5.41, 5.74) is 0. The highest BCUT2D eigenvalue weighted by molar-refractivity contribution is 5.84. The largest absolute Gasteiger partial charge is 0.463 e. The van der Waals surface area contributed by atoms with E-state index in [0.717, 1.165) is 6.42 Å². The predicted octanol–water partition coefficient (Wildman–Crippen LogP) is 2.04. The number of carbonyl (C=O) groups is 2. The van der Waals surface area contributed by atoms with Gasteiger partial charge in [-0.25, -0.2) is 9.78 Å². The minimum absolute atomic E-state index is 0.0481. The van der Waals surface area contributed by atoms with Crippen molar-refractivity contribution >= 4 is 11.9 Å². The summed E-state index contributed by atoms with van der Waals surface area (Å²) in [6.07, 6.45) is 2.13. The third kappa shape index (κ3) is 4.01. The van der Waals surface area contributed by atoms with Crippen LogP contribution in [0, 0.1) is 59.2 Å². The molecule has 0 saturated heterocycles. The van der Waals surface area contributed by atoms with Crippen LogP contribution in [0.5, 0.6) is 0 Å². The molecule has 0 aliphatic heterocycles. The van der Waals surface area contributed by atoms with Gasteiger partial charge in [-0.15, -0.1) is 0 Å². The van der Waals surface area contributed by atoms with E-state index in [9.17, 15) is 9.59 Å². The van der Waals surface area contributed by atoms with Gasteiger partial charge in [-0.2, -0.15) is 0 Å². The van der Waals surface area contributed by atoms with E-state index in [-0.39, 0.29) is 57.0 Å². The van der Waals surface area contributed by atoms with Gasteiger partial charge in [0.2, 0.25) is 0 Å². The van der Waals surface area contributed by atoms with Crippen LogP contribution in [-0.2, 0) is 33.6 Å². The second-order valence-electron chi connectivity index (χ2n) is 9.66. The van der Waals surface area contributed by atoms with E-state index in [1.807, 2.05) is 6.92 Å². The van der Waals surface area contributed by atoms with Crippen molar-refractivity contribution in [1.82, 2.24) is 0 Å². The lowest BCUT2D eigenvalue weighted by molar-refractivity contribution is -0.301. The molecule has 0 radical (unpaired) electrons. The molecule has 0 aromatic carbocycles. The van der Waals surface area contributed by atoms with Crippen molar-refractivity contribution in [3.05, 3.63) is 0 Å². The maximum absolute atomic E-state index is 13.1. The zero-order chi connectivity index (χ0) is 22.1. The van der Waals surface area contributed by atoms with Gasteiger partial charge >= 0.3 is 11.9 Å². The van der Waals surface area contributed by atoms with Gasteiger partial charge in [-0.3, -0.25) is 9.59 Å². The quantitative estimate of drug-likeness (QED) is 0.130. The zero-order valence-corrected chi connectivity index (χ0v) is 18.7. The van der Waals surface area contributed by atoms with E-state index in [1.165, 1.54) is 6.42 Å². The molecule has 10 atom stereocenters. The summed E-state index contributed by atoms with van der Waals surface area (Å²) in [4.78, 5) is 35.8. The first kappa shape index (κ1) is 23.0. The summed E-state index contributed by atoms with van der Waals surface area (Å²) in [7, 11) is 0. The molecule has 1 N–H and O–H groups in total. The molecule has 4 aliphatic rings. The molecular formula is C23H36O8. The number of hydrogen-bond acceptors (Lipinski definition) is 8. The van der Waals surface area contributed by atoms with Crippen LogP contribution in [0.25, 0.3) is 0 Å². The van der Waals surface area contributed by atoms with Gasteiger partial charge < -0.3 is 19.3 Å². The normalized spacial score (nSPS) is 42.1. The average Bonchev–Trinajstić information content (AvgIpc) is 3.49. The van der Waals surface area contributed by atoms with Gasteiger partial charge in [0, 0.05) is 6.61 Å². The number of carbonyl (C=O) groups excluding carboxylic acids is 2. The number of hydrogen-bond donors (Lipinski definition) is 1. The Kier molecular flexibility index (Phi) is 7.20. The smallest absolute Gasteiger partial charge is 0.312 e. The Hall–Kier alpha value is -1.22. The molecule has 0 aromatic rings. The number of fused-ring (bicyclic) bond motifs is 9. The lowest BCUT2D eigenvalue weighted by Crippen LogP contribution is -2.48. The number of rotatable bonds is 11. The van der Waals surface area contributed by atoms with Crippen LogP contribution in [0.4, 0.5) is 0 Å². The van der Waals surface area contributed by atoms with Crippen molar-refractivity contribution in [1.29, 1.82) is 0 Å². The van der Waals surface area contributed by atoms with E-state index >= 15 is 0 Å². The lowest BCUT2D eigenvalue weighted by atomic mass is 9.59.